The molecule has 4 rings (SSSR count). The van der Waals surface area contributed by atoms with E-state index in [4.69, 9.17) is 15.7 Å². The first kappa shape index (κ1) is 27.1. The normalized spacial score (nSPS) is 17.1. The number of ketones is 1. The summed E-state index contributed by atoms with van der Waals surface area (Å²) in [7, 11) is 1.93. The number of benzene rings is 1. The molecular formula is C25H30ClN7O3. The van der Waals surface area contributed by atoms with Crippen molar-refractivity contribution < 1.29 is 14.3 Å². The second-order valence-electron chi connectivity index (χ2n) is 8.70. The van der Waals surface area contributed by atoms with Crippen LogP contribution in [0.5, 0.6) is 0 Å². The third-order valence-corrected chi connectivity index (χ3v) is 6.47. The molecule has 2 aromatic heterocycles. The number of carbonyl (C=O) groups excluding carboxylic acids is 2. The van der Waals surface area contributed by atoms with E-state index in [1.165, 1.54) is 10.9 Å². The van der Waals surface area contributed by atoms with Gasteiger partial charge in [-0.25, -0.2) is 19.3 Å². The first-order valence-electron chi connectivity index (χ1n) is 11.6. The van der Waals surface area contributed by atoms with Gasteiger partial charge in [-0.1, -0.05) is 24.3 Å². The van der Waals surface area contributed by atoms with Crippen LogP contribution in [-0.4, -0.2) is 52.6 Å². The molecular weight excluding hydrogens is 482 g/mol. The van der Waals surface area contributed by atoms with Gasteiger partial charge in [-0.3, -0.25) is 4.79 Å². The van der Waals surface area contributed by atoms with E-state index in [9.17, 15) is 9.59 Å². The van der Waals surface area contributed by atoms with E-state index in [1.807, 2.05) is 42.3 Å². The van der Waals surface area contributed by atoms with Crippen LogP contribution in [0.3, 0.4) is 0 Å². The number of fused-ring (bicyclic) bond motifs is 1. The van der Waals surface area contributed by atoms with Crippen LogP contribution in [0.1, 0.15) is 30.4 Å². The lowest BCUT2D eigenvalue weighted by atomic mass is 9.86. The monoisotopic (exact) mass is 511 g/mol. The minimum Gasteiger partial charge on any atom is -0.444 e. The maximum atomic E-state index is 12.8. The molecule has 0 bridgehead atoms. The zero-order valence-electron chi connectivity index (χ0n) is 20.1. The number of aromatic nitrogens is 3. The van der Waals surface area contributed by atoms with Crippen LogP contribution in [0.4, 0.5) is 10.6 Å². The average Bonchev–Trinajstić information content (AvgIpc) is 3.32. The number of hydrogen-bond donors (Lipinski definition) is 2. The van der Waals surface area contributed by atoms with Crippen molar-refractivity contribution in [3.63, 3.8) is 0 Å². The van der Waals surface area contributed by atoms with Gasteiger partial charge in [0.2, 0.25) is 0 Å². The summed E-state index contributed by atoms with van der Waals surface area (Å²) >= 11 is 0. The summed E-state index contributed by atoms with van der Waals surface area (Å²) in [5.41, 5.74) is 7.95. The van der Waals surface area contributed by atoms with Crippen molar-refractivity contribution in [1.29, 1.82) is 5.26 Å². The van der Waals surface area contributed by atoms with Crippen LogP contribution in [0.2, 0.25) is 0 Å². The summed E-state index contributed by atoms with van der Waals surface area (Å²) < 4.78 is 6.87. The zero-order valence-corrected chi connectivity index (χ0v) is 20.9. The van der Waals surface area contributed by atoms with Gasteiger partial charge in [0.05, 0.1) is 17.9 Å². The molecule has 0 radical (unpaired) electrons. The molecule has 1 aliphatic heterocycles. The summed E-state index contributed by atoms with van der Waals surface area (Å²) in [6.07, 6.45) is 3.65. The number of carbonyl (C=O) groups is 2. The molecule has 0 unspecified atom stereocenters. The predicted molar refractivity (Wildman–Crippen MR) is 138 cm³/mol. The molecule has 3 heterocycles. The molecule has 1 saturated heterocycles. The van der Waals surface area contributed by atoms with E-state index in [1.54, 1.807) is 12.3 Å². The van der Waals surface area contributed by atoms with Crippen molar-refractivity contribution in [2.45, 2.75) is 38.5 Å². The second kappa shape index (κ2) is 12.4. The Bertz CT molecular complexity index is 1240. The number of nitrogens with zero attached hydrogens (tertiary/aromatic N) is 5. The fourth-order valence-electron chi connectivity index (χ4n) is 4.55. The third kappa shape index (κ3) is 5.99. The summed E-state index contributed by atoms with van der Waals surface area (Å²) in [5, 5.41) is 13.0. The number of nitrogens with one attached hydrogen (secondary N) is 1. The minimum absolute atomic E-state index is 0. The van der Waals surface area contributed by atoms with Gasteiger partial charge in [0.15, 0.2) is 5.65 Å². The topological polar surface area (TPSA) is 139 Å². The first-order valence-corrected chi connectivity index (χ1v) is 11.6. The van der Waals surface area contributed by atoms with Crippen molar-refractivity contribution >= 4 is 41.1 Å². The summed E-state index contributed by atoms with van der Waals surface area (Å²) in [6, 6.07) is 11.3. The van der Waals surface area contributed by atoms with Gasteiger partial charge in [0.1, 0.15) is 24.5 Å². The number of rotatable bonds is 8. The Balaban J connectivity index is 0.00000361. The van der Waals surface area contributed by atoms with Crippen LogP contribution in [0, 0.1) is 17.2 Å². The largest absolute Gasteiger partial charge is 0.444 e. The lowest BCUT2D eigenvalue weighted by Crippen LogP contribution is -2.50. The molecule has 0 saturated carbocycles. The van der Waals surface area contributed by atoms with Gasteiger partial charge in [-0.05, 0) is 36.1 Å². The highest BCUT2D eigenvalue weighted by atomic mass is 35.5. The fourth-order valence-corrected chi connectivity index (χ4v) is 4.55. The minimum atomic E-state index is -0.533. The van der Waals surface area contributed by atoms with E-state index >= 15 is 0 Å². The van der Waals surface area contributed by atoms with Crippen molar-refractivity contribution in [2.24, 2.45) is 11.7 Å². The Hall–Kier alpha value is -3.52. The summed E-state index contributed by atoms with van der Waals surface area (Å²) in [5.74, 6) is 0.729. The smallest absolute Gasteiger partial charge is 0.420 e. The molecule has 1 aliphatic rings. The molecule has 10 nitrogen and oxygen atoms in total. The van der Waals surface area contributed by atoms with Crippen molar-refractivity contribution in [2.75, 3.05) is 25.0 Å². The number of anilines is 1. The van der Waals surface area contributed by atoms with E-state index in [0.717, 1.165) is 24.1 Å². The number of likely N-dealkylation sites (N-methyl/N-ethyl adjacent to an activating group) is 1. The molecule has 0 aliphatic carbocycles. The van der Waals surface area contributed by atoms with E-state index in [2.05, 4.69) is 15.3 Å². The maximum absolute atomic E-state index is 12.8. The number of halogens is 1. The summed E-state index contributed by atoms with van der Waals surface area (Å²) in [6.45, 7) is 2.11. The van der Waals surface area contributed by atoms with Crippen LogP contribution in [-0.2, 0) is 22.7 Å². The molecule has 190 valence electrons. The van der Waals surface area contributed by atoms with Gasteiger partial charge < -0.3 is 20.7 Å². The molecule has 3 N–H and O–H groups in total. The Morgan fingerprint density at radius 3 is 2.72 bits per heavy atom. The summed E-state index contributed by atoms with van der Waals surface area (Å²) in [4.78, 5) is 35.8. The first-order chi connectivity index (χ1) is 17.0. The number of nitrogens with two attached hydrogens (primary N) is 1. The number of hydrogen-bond acceptors (Lipinski definition) is 9. The Kier molecular flexibility index (Phi) is 9.36. The van der Waals surface area contributed by atoms with Gasteiger partial charge in [0.25, 0.3) is 0 Å². The van der Waals surface area contributed by atoms with E-state index in [-0.39, 0.29) is 43.2 Å². The fraction of sp³-hybridized carbons (Fsp3) is 0.400. The third-order valence-electron chi connectivity index (χ3n) is 6.47. The van der Waals surface area contributed by atoms with Gasteiger partial charge in [0, 0.05) is 38.8 Å². The molecule has 1 aromatic carbocycles. The highest BCUT2D eigenvalue weighted by Gasteiger charge is 2.31. The van der Waals surface area contributed by atoms with Crippen LogP contribution >= 0.6 is 12.4 Å². The zero-order chi connectivity index (χ0) is 24.8. The average molecular weight is 512 g/mol. The number of nitriles is 1. The number of piperidine rings is 1. The van der Waals surface area contributed by atoms with E-state index in [0.29, 0.717) is 36.4 Å². The van der Waals surface area contributed by atoms with Crippen LogP contribution < -0.4 is 16.0 Å². The Labute approximate surface area is 215 Å². The van der Waals surface area contributed by atoms with Crippen molar-refractivity contribution in [1.82, 2.24) is 19.9 Å². The van der Waals surface area contributed by atoms with Crippen LogP contribution in [0.15, 0.2) is 42.9 Å². The van der Waals surface area contributed by atoms with E-state index < -0.39 is 6.09 Å². The molecule has 0 spiro atoms. The van der Waals surface area contributed by atoms with Gasteiger partial charge in [-0.2, -0.15) is 5.26 Å². The Morgan fingerprint density at radius 2 is 2.00 bits per heavy atom. The highest BCUT2D eigenvalue weighted by molar-refractivity contribution is 5.93. The number of ether oxygens (including phenoxy) is 1. The van der Waals surface area contributed by atoms with Crippen molar-refractivity contribution in [3.8, 4) is 6.07 Å². The molecule has 0 amide bonds. The quantitative estimate of drug-likeness (QED) is 0.467. The highest BCUT2D eigenvalue weighted by Crippen LogP contribution is 2.29. The predicted octanol–water partition coefficient (Wildman–Crippen LogP) is 2.78. The van der Waals surface area contributed by atoms with Crippen molar-refractivity contribution in [3.05, 3.63) is 54.0 Å². The molecule has 1 fully saturated rings. The van der Waals surface area contributed by atoms with Gasteiger partial charge in [-0.15, -0.1) is 12.4 Å². The molecule has 3 aromatic rings. The Morgan fingerprint density at radius 1 is 1.25 bits per heavy atom. The maximum Gasteiger partial charge on any atom is 0.420 e. The molecule has 11 heteroatoms. The van der Waals surface area contributed by atoms with Gasteiger partial charge >= 0.3 is 6.09 Å². The number of Topliss-reactive ketones (excluding diaryl/α,β-unsaturated/α-hetero) is 1. The lowest BCUT2D eigenvalue weighted by Gasteiger charge is -2.39. The lowest BCUT2D eigenvalue weighted by molar-refractivity contribution is -0.119. The second-order valence-corrected chi connectivity index (χ2v) is 8.70. The SMILES string of the molecule is CN(c1ncnc2c1ccn2C(=O)OCc1ccc(CN)cc1)[C@H]1CNCC[C@@H]1CC(=O)CC#N.Cl. The standard InChI is InChI=1S/C25H29N7O3.ClH/c1-31(22-14-28-10-7-19(22)12-20(33)6-9-26)23-21-8-11-32(24(21)30-16-29-23)25(34)35-15-18-4-2-17(13-27)3-5-18;/h2-5,8,11,16,19,22,28H,6-7,10,12-15,27H2,1H3;1H/t19-,22+;/m1./s1. The molecule has 2 atom stereocenters. The molecule has 36 heavy (non-hydrogen) atoms. The van der Waals surface area contributed by atoms with Crippen LogP contribution in [0.25, 0.3) is 11.0 Å².